The highest BCUT2D eigenvalue weighted by atomic mass is 19.1. The van der Waals surface area contributed by atoms with Gasteiger partial charge in [-0.15, -0.1) is 0 Å². The van der Waals surface area contributed by atoms with Crippen LogP contribution in [-0.4, -0.2) is 69.8 Å². The van der Waals surface area contributed by atoms with Gasteiger partial charge in [0, 0.05) is 37.6 Å². The molecule has 1 saturated heterocycles. The van der Waals surface area contributed by atoms with Crippen molar-refractivity contribution < 1.29 is 37.7 Å². The fourth-order valence-electron chi connectivity index (χ4n) is 3.86. The molecule has 0 spiro atoms. The summed E-state index contributed by atoms with van der Waals surface area (Å²) in [5.41, 5.74) is 0.117. The molecule has 37 heavy (non-hydrogen) atoms. The fraction of sp³-hybridized carbons (Fsp3) is 0.480. The summed E-state index contributed by atoms with van der Waals surface area (Å²) < 4.78 is 40.4. The van der Waals surface area contributed by atoms with Crippen LogP contribution in [0.5, 0.6) is 5.75 Å². The van der Waals surface area contributed by atoms with Crippen LogP contribution in [0.15, 0.2) is 24.5 Å². The first-order valence-electron chi connectivity index (χ1n) is 12.1. The Kier molecular flexibility index (Phi) is 7.84. The van der Waals surface area contributed by atoms with Crippen LogP contribution in [0.4, 0.5) is 13.6 Å². The van der Waals surface area contributed by atoms with E-state index in [4.69, 9.17) is 14.6 Å². The lowest BCUT2D eigenvalue weighted by molar-refractivity contribution is -0.136. The molecule has 4 rings (SSSR count). The van der Waals surface area contributed by atoms with Crippen LogP contribution >= 0.6 is 0 Å². The molecular weight excluding hydrogens is 490 g/mol. The highest BCUT2D eigenvalue weighted by Crippen LogP contribution is 2.39. The first kappa shape index (κ1) is 26.2. The Morgan fingerprint density at radius 1 is 1.11 bits per heavy atom. The predicted octanol–water partition coefficient (Wildman–Crippen LogP) is 3.41. The molecular formula is C25H28F2N4O6. The van der Waals surface area contributed by atoms with E-state index in [2.05, 4.69) is 15.3 Å². The first-order chi connectivity index (χ1) is 17.6. The second-order valence-corrected chi connectivity index (χ2v) is 9.52. The number of benzene rings is 1. The third kappa shape index (κ3) is 6.89. The number of rotatable bonds is 9. The van der Waals surface area contributed by atoms with Crippen LogP contribution in [0.3, 0.4) is 0 Å². The monoisotopic (exact) mass is 518 g/mol. The standard InChI is InChI=1S/C25H28F2N4O6/c1-25(5-6-25)37-24(35)31-8-3-15(4-9-31)14-36-21-18(26)10-16(11-19(21)27)17-12-29-22(30-13-17)23(34)28-7-2-20(32)33/h10-13,15H,2-9,14H2,1H3,(H,28,34)(H,32,33). The van der Waals surface area contributed by atoms with E-state index >= 15 is 0 Å². The summed E-state index contributed by atoms with van der Waals surface area (Å²) in [4.78, 5) is 44.1. The van der Waals surface area contributed by atoms with E-state index < -0.39 is 29.3 Å². The number of halogens is 2. The van der Waals surface area contributed by atoms with Gasteiger partial charge in [-0.25, -0.2) is 23.5 Å². The molecule has 2 amide bonds. The smallest absolute Gasteiger partial charge is 0.410 e. The van der Waals surface area contributed by atoms with E-state index in [0.29, 0.717) is 25.9 Å². The van der Waals surface area contributed by atoms with Gasteiger partial charge >= 0.3 is 12.1 Å². The molecule has 1 aliphatic carbocycles. The van der Waals surface area contributed by atoms with Crippen molar-refractivity contribution in [3.05, 3.63) is 42.0 Å². The maximum absolute atomic E-state index is 14.7. The van der Waals surface area contributed by atoms with E-state index in [1.807, 2.05) is 6.92 Å². The second kappa shape index (κ2) is 11.1. The maximum Gasteiger partial charge on any atom is 0.410 e. The van der Waals surface area contributed by atoms with E-state index in [9.17, 15) is 23.2 Å². The van der Waals surface area contributed by atoms with Crippen molar-refractivity contribution in [2.24, 2.45) is 5.92 Å². The number of piperidine rings is 1. The molecule has 0 unspecified atom stereocenters. The van der Waals surface area contributed by atoms with Gasteiger partial charge in [0.15, 0.2) is 17.4 Å². The molecule has 0 atom stereocenters. The summed E-state index contributed by atoms with van der Waals surface area (Å²) in [5.74, 6) is -4.12. The molecule has 198 valence electrons. The molecule has 0 bridgehead atoms. The van der Waals surface area contributed by atoms with Gasteiger partial charge in [0.2, 0.25) is 5.82 Å². The van der Waals surface area contributed by atoms with Crippen molar-refractivity contribution in [2.45, 2.75) is 44.6 Å². The predicted molar refractivity (Wildman–Crippen MR) is 126 cm³/mol. The molecule has 1 aliphatic heterocycles. The third-order valence-corrected chi connectivity index (χ3v) is 6.43. The number of nitrogens with one attached hydrogen (secondary N) is 1. The Labute approximate surface area is 212 Å². The number of carbonyl (C=O) groups excluding carboxylic acids is 2. The highest BCUT2D eigenvalue weighted by molar-refractivity contribution is 5.90. The Hall–Kier alpha value is -3.83. The number of carboxylic acid groups (broad SMARTS) is 1. The zero-order valence-corrected chi connectivity index (χ0v) is 20.3. The van der Waals surface area contributed by atoms with Crippen LogP contribution < -0.4 is 10.1 Å². The topological polar surface area (TPSA) is 131 Å². The van der Waals surface area contributed by atoms with Crippen molar-refractivity contribution in [1.29, 1.82) is 0 Å². The number of hydrogen-bond donors (Lipinski definition) is 2. The van der Waals surface area contributed by atoms with Crippen LogP contribution in [0.25, 0.3) is 11.1 Å². The Bertz CT molecular complexity index is 1140. The lowest BCUT2D eigenvalue weighted by Crippen LogP contribution is -2.41. The fourth-order valence-corrected chi connectivity index (χ4v) is 3.86. The summed E-state index contributed by atoms with van der Waals surface area (Å²) in [5, 5.41) is 11.0. The number of aliphatic carboxylic acids is 1. The van der Waals surface area contributed by atoms with E-state index in [1.165, 1.54) is 12.4 Å². The number of aromatic nitrogens is 2. The molecule has 12 heteroatoms. The van der Waals surface area contributed by atoms with Gasteiger partial charge in [-0.2, -0.15) is 0 Å². The Morgan fingerprint density at radius 3 is 2.30 bits per heavy atom. The van der Waals surface area contributed by atoms with Crippen molar-refractivity contribution in [1.82, 2.24) is 20.2 Å². The van der Waals surface area contributed by atoms with Gasteiger partial charge in [-0.05, 0) is 56.2 Å². The summed E-state index contributed by atoms with van der Waals surface area (Å²) >= 11 is 0. The van der Waals surface area contributed by atoms with Crippen LogP contribution in [0.2, 0.25) is 0 Å². The zero-order chi connectivity index (χ0) is 26.6. The SMILES string of the molecule is CC1(OC(=O)N2CCC(COc3c(F)cc(-c4cnc(C(=O)NCCC(=O)O)nc4)cc3F)CC2)CC1. The second-order valence-electron chi connectivity index (χ2n) is 9.52. The Morgan fingerprint density at radius 2 is 1.73 bits per heavy atom. The van der Waals surface area contributed by atoms with Gasteiger partial charge in [-0.3, -0.25) is 9.59 Å². The van der Waals surface area contributed by atoms with Gasteiger partial charge in [0.25, 0.3) is 5.91 Å². The van der Waals surface area contributed by atoms with Crippen molar-refractivity contribution >= 4 is 18.0 Å². The van der Waals surface area contributed by atoms with Crippen LogP contribution in [-0.2, 0) is 9.53 Å². The molecule has 2 fully saturated rings. The molecule has 0 radical (unpaired) electrons. The van der Waals surface area contributed by atoms with Crippen molar-refractivity contribution in [3.8, 4) is 16.9 Å². The number of amides is 2. The van der Waals surface area contributed by atoms with Crippen LogP contribution in [0.1, 0.15) is 49.6 Å². The number of ether oxygens (including phenoxy) is 2. The summed E-state index contributed by atoms with van der Waals surface area (Å²) in [6.07, 6.45) is 4.97. The molecule has 1 aromatic heterocycles. The van der Waals surface area contributed by atoms with Gasteiger partial charge in [-0.1, -0.05) is 0 Å². The van der Waals surface area contributed by atoms with E-state index in [-0.39, 0.29) is 54.1 Å². The first-order valence-corrected chi connectivity index (χ1v) is 12.1. The minimum Gasteiger partial charge on any atom is -0.487 e. The number of likely N-dealkylation sites (tertiary alicyclic amines) is 1. The summed E-state index contributed by atoms with van der Waals surface area (Å²) in [6.45, 7) is 2.94. The van der Waals surface area contributed by atoms with Gasteiger partial charge < -0.3 is 24.8 Å². The zero-order valence-electron chi connectivity index (χ0n) is 20.3. The van der Waals surface area contributed by atoms with E-state index in [0.717, 1.165) is 25.0 Å². The average Bonchev–Trinajstić information content (AvgIpc) is 3.59. The third-order valence-electron chi connectivity index (χ3n) is 6.43. The number of hydrogen-bond acceptors (Lipinski definition) is 7. The molecule has 2 heterocycles. The van der Waals surface area contributed by atoms with E-state index in [1.54, 1.807) is 4.90 Å². The lowest BCUT2D eigenvalue weighted by Gasteiger charge is -2.32. The van der Waals surface area contributed by atoms with Crippen LogP contribution in [0, 0.1) is 17.6 Å². The molecule has 1 aromatic carbocycles. The number of nitrogens with zero attached hydrogens (tertiary/aromatic N) is 3. The molecule has 1 saturated carbocycles. The maximum atomic E-state index is 14.7. The lowest BCUT2D eigenvalue weighted by atomic mass is 9.98. The quantitative estimate of drug-likeness (QED) is 0.517. The normalized spacial score (nSPS) is 16.7. The van der Waals surface area contributed by atoms with Gasteiger partial charge in [0.1, 0.15) is 5.60 Å². The highest BCUT2D eigenvalue weighted by Gasteiger charge is 2.43. The minimum atomic E-state index is -1.06. The largest absolute Gasteiger partial charge is 0.487 e. The molecule has 2 aliphatic rings. The van der Waals surface area contributed by atoms with Crippen molar-refractivity contribution in [3.63, 3.8) is 0 Å². The number of carboxylic acids is 1. The van der Waals surface area contributed by atoms with Crippen molar-refractivity contribution in [2.75, 3.05) is 26.2 Å². The van der Waals surface area contributed by atoms with Gasteiger partial charge in [0.05, 0.1) is 13.0 Å². The molecule has 2 aromatic rings. The minimum absolute atomic E-state index is 0.0432. The summed E-state index contributed by atoms with van der Waals surface area (Å²) in [6, 6.07) is 2.20. The average molecular weight is 519 g/mol. The Balaban J connectivity index is 1.30. The number of carbonyl (C=O) groups is 3. The molecule has 10 nitrogen and oxygen atoms in total. The molecule has 2 N–H and O–H groups in total. The summed E-state index contributed by atoms with van der Waals surface area (Å²) in [7, 11) is 0.